The molecule has 14 heavy (non-hydrogen) atoms. The van der Waals surface area contributed by atoms with Crippen molar-refractivity contribution in [3.8, 4) is 5.75 Å². The van der Waals surface area contributed by atoms with Crippen molar-refractivity contribution >= 4 is 16.6 Å². The standard InChI is InChI=1S/C10H10N2O2/c1-12-9-4-6(13)2-3-7(9)8(11)5-10(12)14/h2-5,13H,11H2,1H3. The highest BCUT2D eigenvalue weighted by atomic mass is 16.3. The molecule has 0 amide bonds. The number of rotatable bonds is 0. The average Bonchev–Trinajstić information content (AvgIpc) is 2.14. The predicted molar refractivity (Wildman–Crippen MR) is 55.3 cm³/mol. The van der Waals surface area contributed by atoms with Crippen molar-refractivity contribution in [1.82, 2.24) is 4.57 Å². The van der Waals surface area contributed by atoms with Gasteiger partial charge in [0.25, 0.3) is 5.56 Å². The van der Waals surface area contributed by atoms with Gasteiger partial charge in [-0.2, -0.15) is 0 Å². The zero-order chi connectivity index (χ0) is 10.3. The van der Waals surface area contributed by atoms with Gasteiger partial charge >= 0.3 is 0 Å². The van der Waals surface area contributed by atoms with Gasteiger partial charge in [0, 0.05) is 30.3 Å². The summed E-state index contributed by atoms with van der Waals surface area (Å²) in [6, 6.07) is 6.13. The predicted octanol–water partition coefficient (Wildman–Crippen LogP) is 0.826. The molecule has 0 bridgehead atoms. The van der Waals surface area contributed by atoms with Gasteiger partial charge in [-0.1, -0.05) is 0 Å². The topological polar surface area (TPSA) is 68.2 Å². The van der Waals surface area contributed by atoms with E-state index in [2.05, 4.69) is 0 Å². The first kappa shape index (κ1) is 8.62. The highest BCUT2D eigenvalue weighted by Gasteiger charge is 2.04. The normalized spacial score (nSPS) is 10.6. The minimum absolute atomic E-state index is 0.123. The lowest BCUT2D eigenvalue weighted by Crippen LogP contribution is -2.16. The van der Waals surface area contributed by atoms with Crippen LogP contribution in [0.1, 0.15) is 0 Å². The van der Waals surface area contributed by atoms with Gasteiger partial charge in [-0.25, -0.2) is 0 Å². The molecule has 2 aromatic rings. The number of phenols is 1. The summed E-state index contributed by atoms with van der Waals surface area (Å²) >= 11 is 0. The quantitative estimate of drug-likeness (QED) is 0.646. The monoisotopic (exact) mass is 190 g/mol. The molecule has 4 nitrogen and oxygen atoms in total. The van der Waals surface area contributed by atoms with E-state index >= 15 is 0 Å². The highest BCUT2D eigenvalue weighted by Crippen LogP contribution is 2.22. The Kier molecular flexibility index (Phi) is 1.70. The van der Waals surface area contributed by atoms with Gasteiger partial charge in [-0.15, -0.1) is 0 Å². The maximum absolute atomic E-state index is 11.4. The number of aromatic hydroxyl groups is 1. The zero-order valence-electron chi connectivity index (χ0n) is 7.69. The molecule has 0 saturated heterocycles. The van der Waals surface area contributed by atoms with E-state index in [1.54, 1.807) is 19.2 Å². The number of anilines is 1. The molecule has 3 N–H and O–H groups in total. The molecule has 0 radical (unpaired) electrons. The van der Waals surface area contributed by atoms with Crippen LogP contribution in [0.15, 0.2) is 29.1 Å². The lowest BCUT2D eigenvalue weighted by atomic mass is 10.2. The van der Waals surface area contributed by atoms with Crippen molar-refractivity contribution in [3.63, 3.8) is 0 Å². The summed E-state index contributed by atoms with van der Waals surface area (Å²) in [6.45, 7) is 0. The van der Waals surface area contributed by atoms with E-state index in [-0.39, 0.29) is 11.3 Å². The van der Waals surface area contributed by atoms with Crippen LogP contribution in [0.2, 0.25) is 0 Å². The van der Waals surface area contributed by atoms with Gasteiger partial charge in [0.05, 0.1) is 5.52 Å². The maximum Gasteiger partial charge on any atom is 0.252 e. The number of benzene rings is 1. The first-order valence-corrected chi connectivity index (χ1v) is 4.18. The fourth-order valence-corrected chi connectivity index (χ4v) is 1.47. The van der Waals surface area contributed by atoms with Crippen molar-refractivity contribution in [2.75, 3.05) is 5.73 Å². The van der Waals surface area contributed by atoms with E-state index in [9.17, 15) is 9.90 Å². The number of aromatic nitrogens is 1. The number of nitrogens with two attached hydrogens (primary N) is 1. The van der Waals surface area contributed by atoms with E-state index < -0.39 is 0 Å². The molecule has 1 aromatic heterocycles. The van der Waals surface area contributed by atoms with Gasteiger partial charge in [-0.3, -0.25) is 4.79 Å². The lowest BCUT2D eigenvalue weighted by Gasteiger charge is -2.06. The van der Waals surface area contributed by atoms with Crippen molar-refractivity contribution in [2.45, 2.75) is 0 Å². The van der Waals surface area contributed by atoms with Crippen LogP contribution in [0.5, 0.6) is 5.75 Å². The van der Waals surface area contributed by atoms with Crippen LogP contribution in [-0.4, -0.2) is 9.67 Å². The number of nitrogen functional groups attached to an aromatic ring is 1. The van der Waals surface area contributed by atoms with Crippen LogP contribution in [0, 0.1) is 0 Å². The average molecular weight is 190 g/mol. The Balaban J connectivity index is 3.03. The molecule has 0 aliphatic heterocycles. The molecular formula is C10H10N2O2. The van der Waals surface area contributed by atoms with Crippen LogP contribution in [0.25, 0.3) is 10.9 Å². The number of hydrogen-bond donors (Lipinski definition) is 2. The summed E-state index contributed by atoms with van der Waals surface area (Å²) in [5, 5.41) is 10.0. The van der Waals surface area contributed by atoms with Crippen LogP contribution < -0.4 is 11.3 Å². The third kappa shape index (κ3) is 1.12. The third-order valence-electron chi connectivity index (χ3n) is 2.26. The second-order valence-corrected chi connectivity index (χ2v) is 3.20. The zero-order valence-corrected chi connectivity index (χ0v) is 7.69. The van der Waals surface area contributed by atoms with Crippen LogP contribution in [-0.2, 0) is 7.05 Å². The number of pyridine rings is 1. The number of hydrogen-bond acceptors (Lipinski definition) is 3. The number of phenolic OH excluding ortho intramolecular Hbond substituents is 1. The van der Waals surface area contributed by atoms with Crippen molar-refractivity contribution in [2.24, 2.45) is 7.05 Å². The van der Waals surface area contributed by atoms with Crippen LogP contribution >= 0.6 is 0 Å². The second kappa shape index (κ2) is 2.77. The summed E-state index contributed by atoms with van der Waals surface area (Å²) in [7, 11) is 1.64. The molecule has 0 saturated carbocycles. The van der Waals surface area contributed by atoms with E-state index in [0.717, 1.165) is 5.39 Å². The number of aryl methyl sites for hydroxylation is 1. The third-order valence-corrected chi connectivity index (χ3v) is 2.26. The summed E-state index contributed by atoms with van der Waals surface area (Å²) in [5.41, 5.74) is 6.57. The largest absolute Gasteiger partial charge is 0.508 e. The molecule has 0 fully saturated rings. The first-order valence-electron chi connectivity index (χ1n) is 4.18. The fourth-order valence-electron chi connectivity index (χ4n) is 1.47. The maximum atomic E-state index is 11.4. The minimum Gasteiger partial charge on any atom is -0.508 e. The smallest absolute Gasteiger partial charge is 0.252 e. The van der Waals surface area contributed by atoms with Crippen molar-refractivity contribution in [1.29, 1.82) is 0 Å². The molecule has 4 heteroatoms. The SMILES string of the molecule is Cn1c(=O)cc(N)c2ccc(O)cc21. The second-order valence-electron chi connectivity index (χ2n) is 3.20. The van der Waals surface area contributed by atoms with E-state index in [1.807, 2.05) is 0 Å². The molecule has 0 aliphatic rings. The van der Waals surface area contributed by atoms with Gasteiger partial charge < -0.3 is 15.4 Å². The Morgan fingerprint density at radius 2 is 2.07 bits per heavy atom. The van der Waals surface area contributed by atoms with Crippen molar-refractivity contribution < 1.29 is 5.11 Å². The van der Waals surface area contributed by atoms with E-state index in [4.69, 9.17) is 5.73 Å². The fraction of sp³-hybridized carbons (Fsp3) is 0.100. The summed E-state index contributed by atoms with van der Waals surface area (Å²) < 4.78 is 1.45. The Hall–Kier alpha value is -1.97. The Bertz CT molecular complexity index is 558. The summed E-state index contributed by atoms with van der Waals surface area (Å²) in [4.78, 5) is 11.4. The van der Waals surface area contributed by atoms with E-state index in [1.165, 1.54) is 16.7 Å². The van der Waals surface area contributed by atoms with Gasteiger partial charge in [-0.05, 0) is 12.1 Å². The Morgan fingerprint density at radius 3 is 2.79 bits per heavy atom. The van der Waals surface area contributed by atoms with Gasteiger partial charge in [0.15, 0.2) is 0 Å². The Labute approximate surface area is 80.2 Å². The molecule has 0 atom stereocenters. The molecule has 0 aliphatic carbocycles. The molecule has 72 valence electrons. The van der Waals surface area contributed by atoms with Gasteiger partial charge in [0.2, 0.25) is 0 Å². The van der Waals surface area contributed by atoms with Crippen molar-refractivity contribution in [3.05, 3.63) is 34.6 Å². The molecule has 1 aromatic carbocycles. The molecular weight excluding hydrogens is 180 g/mol. The lowest BCUT2D eigenvalue weighted by molar-refractivity contribution is 0.476. The first-order chi connectivity index (χ1) is 6.59. The molecule has 2 rings (SSSR count). The summed E-state index contributed by atoms with van der Waals surface area (Å²) in [5.74, 6) is 0.123. The van der Waals surface area contributed by atoms with Gasteiger partial charge in [0.1, 0.15) is 5.75 Å². The minimum atomic E-state index is -0.180. The molecule has 0 spiro atoms. The Morgan fingerprint density at radius 1 is 1.36 bits per heavy atom. The van der Waals surface area contributed by atoms with E-state index in [0.29, 0.717) is 11.2 Å². The number of fused-ring (bicyclic) bond motifs is 1. The molecule has 1 heterocycles. The number of nitrogens with zero attached hydrogens (tertiary/aromatic N) is 1. The molecule has 0 unspecified atom stereocenters. The van der Waals surface area contributed by atoms with Crippen LogP contribution in [0.3, 0.4) is 0 Å². The highest BCUT2D eigenvalue weighted by molar-refractivity contribution is 5.90. The van der Waals surface area contributed by atoms with Crippen LogP contribution in [0.4, 0.5) is 5.69 Å². The summed E-state index contributed by atoms with van der Waals surface area (Å²) in [6.07, 6.45) is 0.